The molecule has 3 aromatic rings. The summed E-state index contributed by atoms with van der Waals surface area (Å²) in [5, 5.41) is 2.92. The lowest BCUT2D eigenvalue weighted by Gasteiger charge is -2.51. The lowest BCUT2D eigenvalue weighted by Crippen LogP contribution is -2.65. The Hall–Kier alpha value is -2.75. The van der Waals surface area contributed by atoms with E-state index in [4.69, 9.17) is 22.7 Å². The normalized spacial score (nSPS) is 26.0. The molecule has 2 fully saturated rings. The number of amides is 1. The Morgan fingerprint density at radius 3 is 2.28 bits per heavy atom. The molecule has 1 amide bonds. The minimum absolute atomic E-state index is 0.0870. The van der Waals surface area contributed by atoms with Gasteiger partial charge in [0.1, 0.15) is 24.5 Å². The van der Waals surface area contributed by atoms with E-state index < -0.39 is 23.3 Å². The van der Waals surface area contributed by atoms with E-state index >= 15 is 0 Å². The molecule has 3 aliphatic heterocycles. The van der Waals surface area contributed by atoms with Gasteiger partial charge in [0.25, 0.3) is 5.91 Å². The number of ether oxygens (including phenoxy) is 1. The SMILES string of the molecule is CC(C)[Si]1(C(C)C)OC[C@H]2O[C@@H]3[C@@H](C=Cc4nc5c(NC(=O)c6ccccc6)ncnc5n43)[C@@H]2O[Si](C(C)C)(C(C)C)O1. The van der Waals surface area contributed by atoms with Crippen LogP contribution in [-0.4, -0.2) is 61.4 Å². The maximum atomic E-state index is 13.0. The Labute approximate surface area is 255 Å². The summed E-state index contributed by atoms with van der Waals surface area (Å²) in [4.78, 5) is 26.8. The van der Waals surface area contributed by atoms with Crippen molar-refractivity contribution in [3.8, 4) is 0 Å². The largest absolute Gasteiger partial charge is 0.414 e. The van der Waals surface area contributed by atoms with E-state index in [1.165, 1.54) is 6.33 Å². The van der Waals surface area contributed by atoms with Crippen molar-refractivity contribution in [1.29, 1.82) is 0 Å². The van der Waals surface area contributed by atoms with Gasteiger partial charge in [-0.05, 0) is 40.4 Å². The molecule has 0 spiro atoms. The van der Waals surface area contributed by atoms with Crippen molar-refractivity contribution < 1.29 is 22.5 Å². The Morgan fingerprint density at radius 1 is 0.953 bits per heavy atom. The highest BCUT2D eigenvalue weighted by Crippen LogP contribution is 2.51. The average molecular weight is 622 g/mol. The summed E-state index contributed by atoms with van der Waals surface area (Å²) in [5.74, 6) is 0.713. The van der Waals surface area contributed by atoms with Crippen LogP contribution in [0.25, 0.3) is 17.2 Å². The summed E-state index contributed by atoms with van der Waals surface area (Å²) in [6.07, 6.45) is 4.68. The quantitative estimate of drug-likeness (QED) is 0.308. The van der Waals surface area contributed by atoms with Crippen molar-refractivity contribution >= 4 is 46.1 Å². The second-order valence-corrected chi connectivity index (χ2v) is 22.0. The van der Waals surface area contributed by atoms with Crippen molar-refractivity contribution in [3.63, 3.8) is 0 Å². The van der Waals surface area contributed by atoms with Gasteiger partial charge in [-0.2, -0.15) is 0 Å². The van der Waals surface area contributed by atoms with Crippen LogP contribution in [0.4, 0.5) is 5.82 Å². The number of rotatable bonds is 6. The zero-order valence-corrected chi connectivity index (χ0v) is 28.3. The number of hydrogen-bond acceptors (Lipinski definition) is 8. The minimum atomic E-state index is -2.81. The van der Waals surface area contributed by atoms with Gasteiger partial charge in [-0.3, -0.25) is 9.36 Å². The molecule has 230 valence electrons. The highest BCUT2D eigenvalue weighted by atomic mass is 28.5. The summed E-state index contributed by atoms with van der Waals surface area (Å²) in [6, 6.07) is 9.05. The molecule has 0 unspecified atom stereocenters. The number of carbonyl (C=O) groups is 1. The van der Waals surface area contributed by atoms with Crippen molar-refractivity contribution in [2.75, 3.05) is 11.9 Å². The molecule has 1 aromatic carbocycles. The molecule has 0 radical (unpaired) electrons. The van der Waals surface area contributed by atoms with E-state index in [0.717, 1.165) is 0 Å². The van der Waals surface area contributed by atoms with Gasteiger partial charge in [-0.1, -0.05) is 79.7 Å². The fourth-order valence-corrected chi connectivity index (χ4v) is 18.2. The van der Waals surface area contributed by atoms with Crippen LogP contribution in [0.2, 0.25) is 22.2 Å². The first-order chi connectivity index (χ1) is 20.5. The first-order valence-corrected chi connectivity index (χ1v) is 19.4. The first kappa shape index (κ1) is 30.3. The number of imidazole rings is 1. The predicted molar refractivity (Wildman–Crippen MR) is 170 cm³/mol. The molecule has 12 heteroatoms. The highest BCUT2D eigenvalue weighted by Gasteiger charge is 2.62. The molecule has 0 bridgehead atoms. The topological polar surface area (TPSA) is 110 Å². The van der Waals surface area contributed by atoms with Crippen molar-refractivity contribution in [2.24, 2.45) is 5.92 Å². The number of anilines is 1. The Bertz CT molecular complexity index is 1510. The molecule has 43 heavy (non-hydrogen) atoms. The molecular weight excluding hydrogens is 579 g/mol. The molecule has 2 saturated heterocycles. The van der Waals surface area contributed by atoms with E-state index in [0.29, 0.717) is 35.0 Å². The van der Waals surface area contributed by atoms with Gasteiger partial charge in [0, 0.05) is 5.56 Å². The van der Waals surface area contributed by atoms with Crippen LogP contribution in [0, 0.1) is 5.92 Å². The predicted octanol–water partition coefficient (Wildman–Crippen LogP) is 6.58. The first-order valence-electron chi connectivity index (χ1n) is 15.4. The summed E-state index contributed by atoms with van der Waals surface area (Å²) in [5.41, 5.74) is 2.61. The summed E-state index contributed by atoms with van der Waals surface area (Å²) in [6.45, 7) is 18.2. The Morgan fingerprint density at radius 2 is 1.63 bits per heavy atom. The van der Waals surface area contributed by atoms with Crippen LogP contribution in [0.15, 0.2) is 42.7 Å². The summed E-state index contributed by atoms with van der Waals surface area (Å²) < 4.78 is 30.6. The number of fused-ring (bicyclic) bond motifs is 7. The average Bonchev–Trinajstić information content (AvgIpc) is 3.51. The van der Waals surface area contributed by atoms with Crippen molar-refractivity contribution in [3.05, 3.63) is 54.1 Å². The van der Waals surface area contributed by atoms with Gasteiger partial charge >= 0.3 is 17.1 Å². The van der Waals surface area contributed by atoms with Gasteiger partial charge in [0.15, 0.2) is 17.0 Å². The molecule has 10 nitrogen and oxygen atoms in total. The van der Waals surface area contributed by atoms with Crippen LogP contribution in [0.1, 0.15) is 77.8 Å². The lowest BCUT2D eigenvalue weighted by atomic mass is 9.97. The molecule has 0 aliphatic carbocycles. The molecular formula is C31H43N5O5Si2. The van der Waals surface area contributed by atoms with E-state index in [-0.39, 0.29) is 46.2 Å². The van der Waals surface area contributed by atoms with Crippen molar-refractivity contribution in [1.82, 2.24) is 19.5 Å². The van der Waals surface area contributed by atoms with Gasteiger partial charge in [-0.15, -0.1) is 0 Å². The third-order valence-electron chi connectivity index (χ3n) is 9.21. The van der Waals surface area contributed by atoms with E-state index in [1.54, 1.807) is 12.1 Å². The van der Waals surface area contributed by atoms with Gasteiger partial charge in [-0.25, -0.2) is 15.0 Å². The maximum absolute atomic E-state index is 13.0. The highest BCUT2D eigenvalue weighted by molar-refractivity contribution is 6.84. The number of nitrogens with zero attached hydrogens (tertiary/aromatic N) is 4. The number of hydrogen-bond donors (Lipinski definition) is 1. The number of aromatic nitrogens is 4. The van der Waals surface area contributed by atoms with Gasteiger partial charge in [0.05, 0.1) is 18.6 Å². The van der Waals surface area contributed by atoms with Crippen LogP contribution in [0.5, 0.6) is 0 Å². The molecule has 3 aliphatic rings. The van der Waals surface area contributed by atoms with Gasteiger partial charge < -0.3 is 23.0 Å². The molecule has 4 atom stereocenters. The second-order valence-electron chi connectivity index (χ2n) is 13.1. The van der Waals surface area contributed by atoms with Gasteiger partial charge in [0.2, 0.25) is 0 Å². The third kappa shape index (κ3) is 4.92. The van der Waals surface area contributed by atoms with Crippen molar-refractivity contribution in [2.45, 2.75) is 96.0 Å². The lowest BCUT2D eigenvalue weighted by molar-refractivity contribution is -0.0550. The minimum Gasteiger partial charge on any atom is -0.414 e. The van der Waals surface area contributed by atoms with E-state index in [9.17, 15) is 4.79 Å². The second kappa shape index (κ2) is 11.3. The fourth-order valence-electron chi connectivity index (χ4n) is 6.97. The molecule has 6 rings (SSSR count). The van der Waals surface area contributed by atoms with E-state index in [1.807, 2.05) is 28.8 Å². The Kier molecular flexibility index (Phi) is 7.97. The standard InChI is InChI=1S/C31H43N5O5Si2/c1-18(2)42(19(3)4)38-16-24-27(40-43(41-42,20(5)6)21(7)8)23-14-15-25-34-26-28(35-30(37)22-12-10-9-11-13-22)32-17-33-29(26)36(25)31(23)39-24/h9-15,17-21,23-24,27,31H,16H2,1-8H3,(H,32,33,35,37)/t23-,24+,27-,31+/m0/s1. The summed E-state index contributed by atoms with van der Waals surface area (Å²) >= 11 is 0. The molecule has 0 saturated carbocycles. The zero-order chi connectivity index (χ0) is 30.7. The molecule has 1 N–H and O–H groups in total. The molecule has 5 heterocycles. The summed E-state index contributed by atoms with van der Waals surface area (Å²) in [7, 11) is -5.49. The van der Waals surface area contributed by atoms with Crippen LogP contribution in [-0.2, 0) is 17.7 Å². The van der Waals surface area contributed by atoms with E-state index in [2.05, 4.69) is 76.8 Å². The number of carbonyl (C=O) groups excluding carboxylic acids is 1. The monoisotopic (exact) mass is 621 g/mol. The Balaban J connectivity index is 1.38. The van der Waals surface area contributed by atoms with Crippen LogP contribution < -0.4 is 5.32 Å². The molecule has 2 aromatic heterocycles. The van der Waals surface area contributed by atoms with Crippen LogP contribution in [0.3, 0.4) is 0 Å². The third-order valence-corrected chi connectivity index (χ3v) is 19.5. The van der Waals surface area contributed by atoms with Crippen LogP contribution >= 0.6 is 0 Å². The fraction of sp³-hybridized carbons (Fsp3) is 0.548. The number of nitrogens with one attached hydrogen (secondary N) is 1. The maximum Gasteiger partial charge on any atom is 0.335 e. The zero-order valence-electron chi connectivity index (χ0n) is 26.3. The number of benzene rings is 1. The smallest absolute Gasteiger partial charge is 0.335 e.